The van der Waals surface area contributed by atoms with Crippen LogP contribution in [0.15, 0.2) is 18.2 Å². The molecule has 5 heteroatoms. The van der Waals surface area contributed by atoms with Gasteiger partial charge >= 0.3 is 0 Å². The largest absolute Gasteiger partial charge is 0.335 e. The van der Waals surface area contributed by atoms with E-state index in [2.05, 4.69) is 0 Å². The molecule has 0 N–H and O–H groups in total. The van der Waals surface area contributed by atoms with Crippen LogP contribution in [0.3, 0.4) is 0 Å². The number of hydrogen-bond donors (Lipinski definition) is 0. The Morgan fingerprint density at radius 3 is 2.60 bits per heavy atom. The van der Waals surface area contributed by atoms with Crippen molar-refractivity contribution >= 4 is 11.7 Å². The molecule has 0 bridgehead atoms. The quantitative estimate of drug-likeness (QED) is 0.778. The number of carbonyl (C=O) groups excluding carboxylic acids is 2. The van der Waals surface area contributed by atoms with E-state index in [4.69, 9.17) is 0 Å². The highest BCUT2D eigenvalue weighted by Gasteiger charge is 2.31. The molecular weight excluding hydrogens is 264 g/mol. The molecule has 1 aliphatic rings. The molecular formula is C15H17F2NO2. The molecule has 1 fully saturated rings. The summed E-state index contributed by atoms with van der Waals surface area (Å²) in [6, 6.07) is 3.30. The number of hydrogen-bond acceptors (Lipinski definition) is 2. The summed E-state index contributed by atoms with van der Waals surface area (Å²) in [5.74, 6) is -2.33. The average Bonchev–Trinajstić information content (AvgIpc) is 2.70. The lowest BCUT2D eigenvalue weighted by Crippen LogP contribution is -2.32. The van der Waals surface area contributed by atoms with E-state index >= 15 is 0 Å². The fourth-order valence-corrected chi connectivity index (χ4v) is 2.63. The number of benzene rings is 1. The van der Waals surface area contributed by atoms with Gasteiger partial charge in [0.2, 0.25) is 5.91 Å². The second-order valence-electron chi connectivity index (χ2n) is 5.15. The normalized spacial score (nSPS) is 18.6. The summed E-state index contributed by atoms with van der Waals surface area (Å²) < 4.78 is 27.0. The van der Waals surface area contributed by atoms with Gasteiger partial charge in [-0.15, -0.1) is 0 Å². The van der Waals surface area contributed by atoms with Gasteiger partial charge in [-0.1, -0.05) is 19.4 Å². The van der Waals surface area contributed by atoms with Gasteiger partial charge in [-0.05, 0) is 24.5 Å². The van der Waals surface area contributed by atoms with Crippen molar-refractivity contribution in [2.75, 3.05) is 13.1 Å². The summed E-state index contributed by atoms with van der Waals surface area (Å²) in [5.41, 5.74) is -0.556. The Hall–Kier alpha value is -1.78. The molecule has 2 rings (SSSR count). The predicted octanol–water partition coefficient (Wildman–Crippen LogP) is 2.80. The number of Topliss-reactive ketones (excluding diaryl/α,β-unsaturated/α-hetero) is 1. The second-order valence-corrected chi connectivity index (χ2v) is 5.15. The standard InChI is InChI=1S/C15H17F2NO2/c1-2-4-10-7-14(20)18(8-10)9-13(19)15-11(16)5-3-6-12(15)17/h3,5-6,10H,2,4,7-9H2,1H3. The predicted molar refractivity (Wildman–Crippen MR) is 70.3 cm³/mol. The Morgan fingerprint density at radius 1 is 1.35 bits per heavy atom. The van der Waals surface area contributed by atoms with Gasteiger partial charge in [0.25, 0.3) is 0 Å². The van der Waals surface area contributed by atoms with Gasteiger partial charge in [-0.3, -0.25) is 9.59 Å². The number of halogens is 2. The van der Waals surface area contributed by atoms with Crippen LogP contribution in [0.2, 0.25) is 0 Å². The molecule has 3 nitrogen and oxygen atoms in total. The Balaban J connectivity index is 2.07. The van der Waals surface area contributed by atoms with E-state index in [9.17, 15) is 18.4 Å². The van der Waals surface area contributed by atoms with E-state index in [-0.39, 0.29) is 18.4 Å². The van der Waals surface area contributed by atoms with Crippen molar-refractivity contribution in [2.45, 2.75) is 26.2 Å². The highest BCUT2D eigenvalue weighted by molar-refractivity contribution is 6.00. The molecule has 108 valence electrons. The summed E-state index contributed by atoms with van der Waals surface area (Å²) in [6.07, 6.45) is 2.31. The van der Waals surface area contributed by atoms with Gasteiger partial charge in [0.05, 0.1) is 12.1 Å². The first-order chi connectivity index (χ1) is 9.52. The van der Waals surface area contributed by atoms with E-state index in [1.54, 1.807) is 0 Å². The van der Waals surface area contributed by atoms with Crippen molar-refractivity contribution in [1.82, 2.24) is 4.90 Å². The van der Waals surface area contributed by atoms with Crippen LogP contribution in [0.25, 0.3) is 0 Å². The minimum absolute atomic E-state index is 0.117. The molecule has 0 radical (unpaired) electrons. The van der Waals surface area contributed by atoms with Crippen LogP contribution < -0.4 is 0 Å². The molecule has 0 aromatic heterocycles. The van der Waals surface area contributed by atoms with E-state index < -0.39 is 23.0 Å². The van der Waals surface area contributed by atoms with E-state index in [1.807, 2.05) is 6.92 Å². The summed E-state index contributed by atoms with van der Waals surface area (Å²) in [6.45, 7) is 2.28. The van der Waals surface area contributed by atoms with Crippen molar-refractivity contribution in [3.8, 4) is 0 Å². The van der Waals surface area contributed by atoms with Gasteiger partial charge in [-0.2, -0.15) is 0 Å². The van der Waals surface area contributed by atoms with Crippen LogP contribution in [0.4, 0.5) is 8.78 Å². The monoisotopic (exact) mass is 281 g/mol. The van der Waals surface area contributed by atoms with Gasteiger partial charge < -0.3 is 4.90 Å². The second kappa shape index (κ2) is 6.11. The van der Waals surface area contributed by atoms with Crippen molar-refractivity contribution in [2.24, 2.45) is 5.92 Å². The molecule has 1 atom stereocenters. The molecule has 1 unspecified atom stereocenters. The molecule has 0 spiro atoms. The topological polar surface area (TPSA) is 37.4 Å². The van der Waals surface area contributed by atoms with Crippen molar-refractivity contribution in [3.63, 3.8) is 0 Å². The number of ketones is 1. The summed E-state index contributed by atoms with van der Waals surface area (Å²) >= 11 is 0. The number of likely N-dealkylation sites (tertiary alicyclic amines) is 1. The molecule has 20 heavy (non-hydrogen) atoms. The third kappa shape index (κ3) is 3.03. The third-order valence-electron chi connectivity index (χ3n) is 3.57. The molecule has 1 heterocycles. The molecule has 0 aliphatic carbocycles. The van der Waals surface area contributed by atoms with Crippen molar-refractivity contribution in [3.05, 3.63) is 35.4 Å². The number of rotatable bonds is 5. The van der Waals surface area contributed by atoms with E-state index in [1.165, 1.54) is 11.0 Å². The summed E-state index contributed by atoms with van der Waals surface area (Å²) in [4.78, 5) is 25.2. The Morgan fingerprint density at radius 2 is 2.00 bits per heavy atom. The minimum Gasteiger partial charge on any atom is -0.335 e. The fraction of sp³-hybridized carbons (Fsp3) is 0.467. The fourth-order valence-electron chi connectivity index (χ4n) is 2.63. The Bertz CT molecular complexity index is 510. The number of carbonyl (C=O) groups is 2. The molecule has 0 saturated carbocycles. The van der Waals surface area contributed by atoms with Crippen LogP contribution in [-0.4, -0.2) is 29.7 Å². The first kappa shape index (κ1) is 14.6. The van der Waals surface area contributed by atoms with E-state index in [0.29, 0.717) is 13.0 Å². The summed E-state index contributed by atoms with van der Waals surface area (Å²) in [5, 5.41) is 0. The maximum absolute atomic E-state index is 13.5. The highest BCUT2D eigenvalue weighted by atomic mass is 19.1. The zero-order chi connectivity index (χ0) is 14.7. The van der Waals surface area contributed by atoms with Crippen LogP contribution in [0.1, 0.15) is 36.5 Å². The van der Waals surface area contributed by atoms with Crippen LogP contribution in [0, 0.1) is 17.6 Å². The Labute approximate surface area is 116 Å². The molecule has 1 saturated heterocycles. The smallest absolute Gasteiger partial charge is 0.223 e. The first-order valence-electron chi connectivity index (χ1n) is 6.78. The lowest BCUT2D eigenvalue weighted by atomic mass is 10.0. The minimum atomic E-state index is -0.883. The van der Waals surface area contributed by atoms with Gasteiger partial charge in [0, 0.05) is 13.0 Å². The maximum Gasteiger partial charge on any atom is 0.223 e. The number of nitrogens with zero attached hydrogens (tertiary/aromatic N) is 1. The third-order valence-corrected chi connectivity index (χ3v) is 3.57. The molecule has 1 aromatic rings. The van der Waals surface area contributed by atoms with Gasteiger partial charge in [0.15, 0.2) is 5.78 Å². The van der Waals surface area contributed by atoms with E-state index in [0.717, 1.165) is 25.0 Å². The lowest BCUT2D eigenvalue weighted by Gasteiger charge is -2.16. The Kier molecular flexibility index (Phi) is 4.47. The average molecular weight is 281 g/mol. The summed E-state index contributed by atoms with van der Waals surface area (Å²) in [7, 11) is 0. The van der Waals surface area contributed by atoms with Crippen LogP contribution in [-0.2, 0) is 4.79 Å². The van der Waals surface area contributed by atoms with Crippen molar-refractivity contribution < 1.29 is 18.4 Å². The zero-order valence-electron chi connectivity index (χ0n) is 11.4. The maximum atomic E-state index is 13.5. The van der Waals surface area contributed by atoms with Crippen LogP contribution >= 0.6 is 0 Å². The SMILES string of the molecule is CCCC1CC(=O)N(CC(=O)c2c(F)cccc2F)C1. The van der Waals surface area contributed by atoms with Gasteiger partial charge in [0.1, 0.15) is 11.6 Å². The lowest BCUT2D eigenvalue weighted by molar-refractivity contribution is -0.127. The number of amides is 1. The highest BCUT2D eigenvalue weighted by Crippen LogP contribution is 2.23. The zero-order valence-corrected chi connectivity index (χ0v) is 11.4. The molecule has 1 aromatic carbocycles. The van der Waals surface area contributed by atoms with Crippen molar-refractivity contribution in [1.29, 1.82) is 0 Å². The van der Waals surface area contributed by atoms with Gasteiger partial charge in [-0.25, -0.2) is 8.78 Å². The first-order valence-corrected chi connectivity index (χ1v) is 6.78. The van der Waals surface area contributed by atoms with Crippen LogP contribution in [0.5, 0.6) is 0 Å². The molecule has 1 aliphatic heterocycles. The molecule has 1 amide bonds.